The maximum atomic E-state index is 11.6. The van der Waals surface area contributed by atoms with E-state index in [1.54, 1.807) is 50.6 Å². The second-order valence-electron chi connectivity index (χ2n) is 5.55. The van der Waals surface area contributed by atoms with Crippen LogP contribution >= 0.6 is 0 Å². The summed E-state index contributed by atoms with van der Waals surface area (Å²) < 4.78 is 20.1. The van der Waals surface area contributed by atoms with E-state index in [0.717, 1.165) is 22.6 Å². The van der Waals surface area contributed by atoms with E-state index in [2.05, 4.69) is 0 Å². The molecule has 2 rings (SSSR count). The zero-order valence-corrected chi connectivity index (χ0v) is 15.8. The third kappa shape index (κ3) is 7.37. The molecular formula is C22H22O6. The van der Waals surface area contributed by atoms with Gasteiger partial charge in [-0.3, -0.25) is 0 Å². The summed E-state index contributed by atoms with van der Waals surface area (Å²) >= 11 is 0. The molecule has 0 amide bonds. The van der Waals surface area contributed by atoms with Gasteiger partial charge in [0.1, 0.15) is 24.7 Å². The van der Waals surface area contributed by atoms with Crippen molar-refractivity contribution in [3.05, 3.63) is 71.8 Å². The number of methoxy groups -OCH3 is 2. The van der Waals surface area contributed by atoms with E-state index in [9.17, 15) is 9.59 Å². The van der Waals surface area contributed by atoms with Gasteiger partial charge in [-0.05, 0) is 47.5 Å². The maximum Gasteiger partial charge on any atom is 0.330 e. The molecule has 0 heterocycles. The molecule has 0 spiro atoms. The lowest BCUT2D eigenvalue weighted by molar-refractivity contribution is -0.145. The molecule has 28 heavy (non-hydrogen) atoms. The van der Waals surface area contributed by atoms with Gasteiger partial charge < -0.3 is 18.9 Å². The summed E-state index contributed by atoms with van der Waals surface area (Å²) in [5.41, 5.74) is 1.68. The van der Waals surface area contributed by atoms with Crippen LogP contribution < -0.4 is 9.47 Å². The van der Waals surface area contributed by atoms with Crippen molar-refractivity contribution in [3.8, 4) is 11.5 Å². The van der Waals surface area contributed by atoms with E-state index in [0.29, 0.717) is 0 Å². The number of hydrogen-bond donors (Lipinski definition) is 0. The van der Waals surface area contributed by atoms with E-state index in [-0.39, 0.29) is 13.2 Å². The summed E-state index contributed by atoms with van der Waals surface area (Å²) in [5, 5.41) is 0. The van der Waals surface area contributed by atoms with E-state index in [4.69, 9.17) is 18.9 Å². The lowest BCUT2D eigenvalue weighted by Crippen LogP contribution is -2.11. The smallest absolute Gasteiger partial charge is 0.330 e. The van der Waals surface area contributed by atoms with Gasteiger partial charge in [0.2, 0.25) is 0 Å². The van der Waals surface area contributed by atoms with Crippen molar-refractivity contribution in [2.75, 3.05) is 27.4 Å². The molecule has 0 aromatic heterocycles. The predicted molar refractivity (Wildman–Crippen MR) is 106 cm³/mol. The van der Waals surface area contributed by atoms with Crippen molar-refractivity contribution in [2.45, 2.75) is 0 Å². The fourth-order valence-corrected chi connectivity index (χ4v) is 2.14. The van der Waals surface area contributed by atoms with Crippen LogP contribution in [0, 0.1) is 0 Å². The maximum absolute atomic E-state index is 11.6. The van der Waals surface area contributed by atoms with Crippen LogP contribution in [0.5, 0.6) is 11.5 Å². The van der Waals surface area contributed by atoms with Crippen molar-refractivity contribution >= 4 is 24.1 Å². The monoisotopic (exact) mass is 382 g/mol. The number of carbonyl (C=O) groups excluding carboxylic acids is 2. The molecule has 0 aliphatic carbocycles. The Morgan fingerprint density at radius 2 is 1.04 bits per heavy atom. The lowest BCUT2D eigenvalue weighted by atomic mass is 10.2. The molecule has 0 radical (unpaired) electrons. The Balaban J connectivity index is 1.66. The molecule has 0 atom stereocenters. The quantitative estimate of drug-likeness (QED) is 0.375. The van der Waals surface area contributed by atoms with Gasteiger partial charge in [0.15, 0.2) is 0 Å². The normalized spacial score (nSPS) is 10.8. The van der Waals surface area contributed by atoms with Gasteiger partial charge in [0.25, 0.3) is 0 Å². The summed E-state index contributed by atoms with van der Waals surface area (Å²) in [7, 11) is 3.17. The van der Waals surface area contributed by atoms with Crippen LogP contribution in [0.2, 0.25) is 0 Å². The first-order chi connectivity index (χ1) is 13.6. The molecule has 6 heteroatoms. The highest BCUT2D eigenvalue weighted by Crippen LogP contribution is 2.13. The van der Waals surface area contributed by atoms with Crippen molar-refractivity contribution in [3.63, 3.8) is 0 Å². The minimum atomic E-state index is -0.513. The fourth-order valence-electron chi connectivity index (χ4n) is 2.14. The highest BCUT2D eigenvalue weighted by Gasteiger charge is 2.01. The van der Waals surface area contributed by atoms with Gasteiger partial charge >= 0.3 is 11.9 Å². The van der Waals surface area contributed by atoms with Crippen LogP contribution in [0.3, 0.4) is 0 Å². The number of rotatable bonds is 9. The zero-order chi connectivity index (χ0) is 20.2. The minimum Gasteiger partial charge on any atom is -0.497 e. The highest BCUT2D eigenvalue weighted by atomic mass is 16.6. The second kappa shape index (κ2) is 11.2. The Labute approximate surface area is 164 Å². The van der Waals surface area contributed by atoms with Crippen LogP contribution in [0.4, 0.5) is 0 Å². The molecule has 146 valence electrons. The van der Waals surface area contributed by atoms with Crippen LogP contribution in [0.15, 0.2) is 60.7 Å². The van der Waals surface area contributed by atoms with E-state index in [1.807, 2.05) is 24.3 Å². The van der Waals surface area contributed by atoms with Gasteiger partial charge in [-0.2, -0.15) is 0 Å². The van der Waals surface area contributed by atoms with Crippen molar-refractivity contribution in [2.24, 2.45) is 0 Å². The molecule has 0 aliphatic heterocycles. The summed E-state index contributed by atoms with van der Waals surface area (Å²) in [5.74, 6) is 0.450. The van der Waals surface area contributed by atoms with Crippen molar-refractivity contribution in [1.82, 2.24) is 0 Å². The lowest BCUT2D eigenvalue weighted by Gasteiger charge is -2.03. The van der Waals surface area contributed by atoms with Crippen molar-refractivity contribution in [1.29, 1.82) is 0 Å². The molecule has 0 N–H and O–H groups in total. The van der Waals surface area contributed by atoms with E-state index in [1.165, 1.54) is 12.2 Å². The summed E-state index contributed by atoms with van der Waals surface area (Å²) in [6.07, 6.45) is 5.89. The highest BCUT2D eigenvalue weighted by molar-refractivity contribution is 5.87. The molecule has 6 nitrogen and oxygen atoms in total. The van der Waals surface area contributed by atoms with Crippen molar-refractivity contribution < 1.29 is 28.5 Å². The molecule has 0 saturated heterocycles. The average molecular weight is 382 g/mol. The van der Waals surface area contributed by atoms with Crippen LogP contribution in [0.25, 0.3) is 12.2 Å². The Bertz CT molecular complexity index is 748. The molecule has 2 aromatic carbocycles. The summed E-state index contributed by atoms with van der Waals surface area (Å²) in [4.78, 5) is 23.3. The molecule has 0 fully saturated rings. The van der Waals surface area contributed by atoms with Gasteiger partial charge in [-0.1, -0.05) is 24.3 Å². The third-order valence-electron chi connectivity index (χ3n) is 3.63. The fraction of sp³-hybridized carbons (Fsp3) is 0.182. The van der Waals surface area contributed by atoms with Gasteiger partial charge in [-0.15, -0.1) is 0 Å². The molecule has 0 bridgehead atoms. The van der Waals surface area contributed by atoms with E-state index < -0.39 is 11.9 Å². The standard InChI is InChI=1S/C22H22O6/c1-25-19-9-3-17(4-10-19)7-13-21(23)27-15-16-28-22(24)14-8-18-5-11-20(26-2)12-6-18/h3-14H,15-16H2,1-2H3/b13-7-,14-8-. The molecular weight excluding hydrogens is 360 g/mol. The molecule has 0 aliphatic rings. The van der Waals surface area contributed by atoms with Gasteiger partial charge in [0.05, 0.1) is 14.2 Å². The number of benzene rings is 2. The summed E-state index contributed by atoms with van der Waals surface area (Å²) in [6, 6.07) is 14.5. The number of hydrogen-bond acceptors (Lipinski definition) is 6. The summed E-state index contributed by atoms with van der Waals surface area (Å²) in [6.45, 7) is -0.0399. The van der Waals surface area contributed by atoms with Crippen LogP contribution in [-0.4, -0.2) is 39.4 Å². The first-order valence-corrected chi connectivity index (χ1v) is 8.58. The number of ether oxygens (including phenoxy) is 4. The average Bonchev–Trinajstić information content (AvgIpc) is 2.74. The van der Waals surface area contributed by atoms with Gasteiger partial charge in [0, 0.05) is 12.2 Å². The SMILES string of the molecule is COc1ccc(/C=C\C(=O)OCCOC(=O)/C=C\c2ccc(OC)cc2)cc1. The topological polar surface area (TPSA) is 71.1 Å². The third-order valence-corrected chi connectivity index (χ3v) is 3.63. The molecule has 0 saturated carbocycles. The minimum absolute atomic E-state index is 0.0199. The molecule has 2 aromatic rings. The first kappa shape index (κ1) is 20.8. The van der Waals surface area contributed by atoms with Crippen LogP contribution in [0.1, 0.15) is 11.1 Å². The van der Waals surface area contributed by atoms with Crippen LogP contribution in [-0.2, 0) is 19.1 Å². The Kier molecular flexibility index (Phi) is 8.33. The van der Waals surface area contributed by atoms with E-state index >= 15 is 0 Å². The Morgan fingerprint density at radius 1 is 0.679 bits per heavy atom. The Morgan fingerprint density at radius 3 is 1.36 bits per heavy atom. The Hall–Kier alpha value is -3.54. The first-order valence-electron chi connectivity index (χ1n) is 8.58. The zero-order valence-electron chi connectivity index (χ0n) is 15.8. The molecule has 0 unspecified atom stereocenters. The largest absolute Gasteiger partial charge is 0.497 e. The number of esters is 2. The second-order valence-corrected chi connectivity index (χ2v) is 5.55. The predicted octanol–water partition coefficient (Wildman–Crippen LogP) is 3.52. The van der Waals surface area contributed by atoms with Gasteiger partial charge in [-0.25, -0.2) is 9.59 Å². The number of carbonyl (C=O) groups is 2.